The highest BCUT2D eigenvalue weighted by atomic mass is 35.5. The van der Waals surface area contributed by atoms with E-state index in [0.29, 0.717) is 34.4 Å². The van der Waals surface area contributed by atoms with Crippen molar-refractivity contribution in [1.29, 1.82) is 0 Å². The van der Waals surface area contributed by atoms with Crippen LogP contribution in [0.25, 0.3) is 11.1 Å². The Hall–Kier alpha value is -2.90. The zero-order chi connectivity index (χ0) is 22.5. The van der Waals surface area contributed by atoms with Crippen LogP contribution in [0.4, 0.5) is 0 Å². The molecule has 8 heteroatoms. The van der Waals surface area contributed by atoms with E-state index in [0.717, 1.165) is 31.2 Å². The molecule has 7 nitrogen and oxygen atoms in total. The van der Waals surface area contributed by atoms with E-state index >= 15 is 0 Å². The summed E-state index contributed by atoms with van der Waals surface area (Å²) in [7, 11) is 0. The lowest BCUT2D eigenvalue weighted by molar-refractivity contribution is 0.0663. The lowest BCUT2D eigenvalue weighted by atomic mass is 9.86. The van der Waals surface area contributed by atoms with Crippen LogP contribution in [-0.2, 0) is 0 Å². The van der Waals surface area contributed by atoms with Crippen molar-refractivity contribution in [2.24, 2.45) is 5.92 Å². The van der Waals surface area contributed by atoms with Crippen molar-refractivity contribution >= 4 is 17.5 Å². The third-order valence-electron chi connectivity index (χ3n) is 5.86. The van der Waals surface area contributed by atoms with Gasteiger partial charge in [0.1, 0.15) is 5.82 Å². The lowest BCUT2D eigenvalue weighted by Gasteiger charge is -2.27. The van der Waals surface area contributed by atoms with Crippen molar-refractivity contribution in [2.75, 3.05) is 6.54 Å². The summed E-state index contributed by atoms with van der Waals surface area (Å²) >= 11 is 6.06. The Balaban J connectivity index is 1.56. The van der Waals surface area contributed by atoms with E-state index in [9.17, 15) is 9.90 Å². The van der Waals surface area contributed by atoms with Gasteiger partial charge in [-0.3, -0.25) is 4.79 Å². The van der Waals surface area contributed by atoms with Gasteiger partial charge in [0.2, 0.25) is 5.88 Å². The fraction of sp³-hybridized carbons (Fsp3) is 0.375. The second-order valence-electron chi connectivity index (χ2n) is 8.14. The third-order valence-corrected chi connectivity index (χ3v) is 6.11. The predicted molar refractivity (Wildman–Crippen MR) is 123 cm³/mol. The molecule has 2 aromatic heterocycles. The number of imidazole rings is 1. The second kappa shape index (κ2) is 10.1. The van der Waals surface area contributed by atoms with E-state index in [1.165, 1.54) is 6.20 Å². The van der Waals surface area contributed by atoms with Crippen molar-refractivity contribution in [2.45, 2.75) is 44.8 Å². The van der Waals surface area contributed by atoms with Gasteiger partial charge in [-0.2, -0.15) is 0 Å². The van der Waals surface area contributed by atoms with Crippen molar-refractivity contribution in [1.82, 2.24) is 20.3 Å². The Labute approximate surface area is 192 Å². The number of benzene rings is 1. The Morgan fingerprint density at radius 2 is 2.06 bits per heavy atom. The number of nitrogens with one attached hydrogen (secondary N) is 2. The molecule has 3 unspecified atom stereocenters. The van der Waals surface area contributed by atoms with Gasteiger partial charge >= 0.3 is 0 Å². The van der Waals surface area contributed by atoms with E-state index in [2.05, 4.69) is 20.3 Å². The topological polar surface area (TPSA) is 100 Å². The van der Waals surface area contributed by atoms with Crippen LogP contribution in [0.15, 0.2) is 48.9 Å². The molecule has 3 aromatic rings. The first-order valence-corrected chi connectivity index (χ1v) is 11.3. The Morgan fingerprint density at radius 3 is 2.78 bits per heavy atom. The van der Waals surface area contributed by atoms with Gasteiger partial charge in [-0.05, 0) is 43.5 Å². The summed E-state index contributed by atoms with van der Waals surface area (Å²) in [4.78, 5) is 24.6. The molecule has 32 heavy (non-hydrogen) atoms. The average Bonchev–Trinajstić information content (AvgIpc) is 3.34. The monoisotopic (exact) mass is 454 g/mol. The van der Waals surface area contributed by atoms with Gasteiger partial charge in [0, 0.05) is 41.6 Å². The molecule has 1 fully saturated rings. The summed E-state index contributed by atoms with van der Waals surface area (Å²) < 4.78 is 6.08. The highest BCUT2D eigenvalue weighted by Crippen LogP contribution is 2.32. The quantitative estimate of drug-likeness (QED) is 0.486. The number of carbonyl (C=O) groups is 1. The van der Waals surface area contributed by atoms with Crippen LogP contribution in [0.1, 0.15) is 54.9 Å². The van der Waals surface area contributed by atoms with Gasteiger partial charge in [0.05, 0.1) is 11.7 Å². The number of rotatable bonds is 7. The lowest BCUT2D eigenvalue weighted by Crippen LogP contribution is -2.36. The molecule has 1 saturated carbocycles. The summed E-state index contributed by atoms with van der Waals surface area (Å²) in [6.07, 6.45) is 8.05. The number of H-pyrrole nitrogens is 1. The largest absolute Gasteiger partial charge is 0.466 e. The molecule has 168 valence electrons. The zero-order valence-electron chi connectivity index (χ0n) is 17.9. The van der Waals surface area contributed by atoms with Gasteiger partial charge in [-0.25, -0.2) is 9.97 Å². The molecule has 1 amide bonds. The number of pyridine rings is 1. The van der Waals surface area contributed by atoms with Crippen molar-refractivity contribution in [3.05, 3.63) is 65.3 Å². The van der Waals surface area contributed by atoms with Gasteiger partial charge in [-0.15, -0.1) is 0 Å². The smallest absolute Gasteiger partial charge is 0.252 e. The number of nitrogens with zero attached hydrogens (tertiary/aromatic N) is 2. The van der Waals surface area contributed by atoms with Gasteiger partial charge in [0.15, 0.2) is 6.10 Å². The minimum Gasteiger partial charge on any atom is -0.466 e. The second-order valence-corrected chi connectivity index (χ2v) is 8.58. The molecule has 0 spiro atoms. The Kier molecular flexibility index (Phi) is 7.07. The molecule has 1 aromatic carbocycles. The minimum absolute atomic E-state index is 0.0909. The maximum Gasteiger partial charge on any atom is 0.252 e. The Morgan fingerprint density at radius 1 is 1.28 bits per heavy atom. The maximum absolute atomic E-state index is 12.8. The number of aromatic nitrogens is 3. The van der Waals surface area contributed by atoms with E-state index in [1.807, 2.05) is 19.1 Å². The highest BCUT2D eigenvalue weighted by molar-refractivity contribution is 6.30. The van der Waals surface area contributed by atoms with Crippen LogP contribution >= 0.6 is 11.6 Å². The number of hydrogen-bond acceptors (Lipinski definition) is 5. The predicted octanol–water partition coefficient (Wildman–Crippen LogP) is 4.55. The van der Waals surface area contributed by atoms with Crippen LogP contribution < -0.4 is 10.1 Å². The number of ether oxygens (including phenoxy) is 1. The fourth-order valence-electron chi connectivity index (χ4n) is 3.98. The van der Waals surface area contributed by atoms with E-state index < -0.39 is 0 Å². The Bertz CT molecular complexity index is 1040. The molecular weight excluding hydrogens is 428 g/mol. The molecule has 0 aliphatic heterocycles. The molecule has 3 atom stereocenters. The van der Waals surface area contributed by atoms with E-state index in [4.69, 9.17) is 16.3 Å². The van der Waals surface area contributed by atoms with Crippen LogP contribution in [0.5, 0.6) is 5.88 Å². The number of aliphatic hydroxyl groups excluding tert-OH is 1. The molecule has 3 N–H and O–H groups in total. The first-order valence-electron chi connectivity index (χ1n) is 10.9. The average molecular weight is 455 g/mol. The molecule has 4 rings (SSSR count). The number of hydrogen-bond donors (Lipinski definition) is 3. The molecular formula is C24H27ClN4O3. The van der Waals surface area contributed by atoms with Gasteiger partial charge < -0.3 is 20.1 Å². The van der Waals surface area contributed by atoms with E-state index in [-0.39, 0.29) is 24.0 Å². The number of carbonyl (C=O) groups excluding carboxylic acids is 1. The number of amides is 1. The SMILES string of the molecule is CC(Oc1ncc(C(=O)NCC2CCCCC2O)cc1-c1ccc(Cl)cc1)c1ncc[nH]1. The molecule has 1 aliphatic carbocycles. The fourth-order valence-corrected chi connectivity index (χ4v) is 4.11. The summed E-state index contributed by atoms with van der Waals surface area (Å²) in [5.74, 6) is 0.946. The third kappa shape index (κ3) is 5.29. The van der Waals surface area contributed by atoms with E-state index in [1.54, 1.807) is 30.6 Å². The molecule has 0 bridgehead atoms. The normalized spacial score (nSPS) is 19.3. The molecule has 0 radical (unpaired) electrons. The molecule has 1 aliphatic rings. The maximum atomic E-state index is 12.8. The highest BCUT2D eigenvalue weighted by Gasteiger charge is 2.24. The van der Waals surface area contributed by atoms with Crippen LogP contribution in [-0.4, -0.2) is 38.6 Å². The van der Waals surface area contributed by atoms with Crippen LogP contribution in [0.2, 0.25) is 5.02 Å². The van der Waals surface area contributed by atoms with Crippen LogP contribution in [0, 0.1) is 5.92 Å². The van der Waals surface area contributed by atoms with Crippen molar-refractivity contribution < 1.29 is 14.6 Å². The number of halogens is 1. The zero-order valence-corrected chi connectivity index (χ0v) is 18.7. The molecule has 2 heterocycles. The molecule has 0 saturated heterocycles. The number of aliphatic hydroxyl groups is 1. The summed E-state index contributed by atoms with van der Waals surface area (Å²) in [6, 6.07) is 9.07. The number of aromatic amines is 1. The first kappa shape index (κ1) is 22.3. The van der Waals surface area contributed by atoms with Gasteiger partial charge in [-0.1, -0.05) is 36.6 Å². The summed E-state index contributed by atoms with van der Waals surface area (Å²) in [5, 5.41) is 13.7. The van der Waals surface area contributed by atoms with Crippen molar-refractivity contribution in [3.63, 3.8) is 0 Å². The van der Waals surface area contributed by atoms with Crippen molar-refractivity contribution in [3.8, 4) is 17.0 Å². The minimum atomic E-state index is -0.356. The van der Waals surface area contributed by atoms with Crippen LogP contribution in [0.3, 0.4) is 0 Å². The summed E-state index contributed by atoms with van der Waals surface area (Å²) in [5.41, 5.74) is 1.95. The van der Waals surface area contributed by atoms with Gasteiger partial charge in [0.25, 0.3) is 5.91 Å². The first-order chi connectivity index (χ1) is 15.5. The standard InChI is InChI=1S/C24H27ClN4O3/c1-15(22-26-10-11-27-22)32-24-20(16-6-8-19(25)9-7-16)12-18(14-29-24)23(31)28-13-17-4-2-3-5-21(17)30/h6-12,14-15,17,21,30H,2-5,13H2,1H3,(H,26,27)(H,28,31). The summed E-state index contributed by atoms with van der Waals surface area (Å²) in [6.45, 7) is 2.33.